The molecular formula is C15H16BrN3O. The highest BCUT2D eigenvalue weighted by Gasteiger charge is 2.50. The molecule has 0 bridgehead atoms. The number of ketones is 1. The van der Waals surface area contributed by atoms with Crippen LogP contribution in [0, 0.1) is 12.3 Å². The van der Waals surface area contributed by atoms with Crippen molar-refractivity contribution in [1.82, 2.24) is 15.2 Å². The quantitative estimate of drug-likeness (QED) is 0.812. The number of halogens is 1. The second-order valence-electron chi connectivity index (χ2n) is 5.84. The summed E-state index contributed by atoms with van der Waals surface area (Å²) in [7, 11) is 0. The Kier molecular flexibility index (Phi) is 3.05. The molecule has 20 heavy (non-hydrogen) atoms. The SMILES string of the molecule is Cc1[nH]nc2c1C(=O)C(c1ccccn1)C(C)(C)C2Br. The molecule has 2 heterocycles. The maximum Gasteiger partial charge on any atom is 0.176 e. The van der Waals surface area contributed by atoms with Gasteiger partial charge in [0.15, 0.2) is 5.78 Å². The van der Waals surface area contributed by atoms with Gasteiger partial charge in [-0.1, -0.05) is 35.8 Å². The van der Waals surface area contributed by atoms with Crippen molar-refractivity contribution < 1.29 is 4.79 Å². The summed E-state index contributed by atoms with van der Waals surface area (Å²) in [5.74, 6) is -0.164. The first-order chi connectivity index (χ1) is 9.44. The largest absolute Gasteiger partial charge is 0.293 e. The van der Waals surface area contributed by atoms with Crippen molar-refractivity contribution in [2.75, 3.05) is 0 Å². The van der Waals surface area contributed by atoms with Gasteiger partial charge in [0.2, 0.25) is 0 Å². The number of rotatable bonds is 1. The van der Waals surface area contributed by atoms with E-state index in [9.17, 15) is 4.79 Å². The maximum absolute atomic E-state index is 12.9. The zero-order chi connectivity index (χ0) is 14.5. The van der Waals surface area contributed by atoms with E-state index in [0.717, 1.165) is 17.1 Å². The minimum atomic E-state index is -0.292. The molecule has 2 aromatic heterocycles. The van der Waals surface area contributed by atoms with Crippen LogP contribution in [0.2, 0.25) is 0 Å². The molecule has 1 aliphatic rings. The van der Waals surface area contributed by atoms with Gasteiger partial charge in [-0.15, -0.1) is 0 Å². The van der Waals surface area contributed by atoms with E-state index in [1.807, 2.05) is 25.1 Å². The molecule has 1 aliphatic carbocycles. The van der Waals surface area contributed by atoms with E-state index in [-0.39, 0.29) is 21.9 Å². The summed E-state index contributed by atoms with van der Waals surface area (Å²) in [5.41, 5.74) is 2.87. The minimum Gasteiger partial charge on any atom is -0.293 e. The van der Waals surface area contributed by atoms with Crippen molar-refractivity contribution in [3.05, 3.63) is 47.0 Å². The Morgan fingerprint density at radius 3 is 2.75 bits per heavy atom. The zero-order valence-corrected chi connectivity index (χ0v) is 13.2. The average Bonchev–Trinajstić information content (AvgIpc) is 2.80. The summed E-state index contributed by atoms with van der Waals surface area (Å²) in [6, 6.07) is 5.71. The van der Waals surface area contributed by atoms with Crippen LogP contribution < -0.4 is 0 Å². The normalized spacial score (nSPS) is 24.5. The lowest BCUT2D eigenvalue weighted by atomic mass is 9.66. The van der Waals surface area contributed by atoms with E-state index in [1.54, 1.807) is 6.20 Å². The first kappa shape index (κ1) is 13.5. The number of fused-ring (bicyclic) bond motifs is 1. The molecule has 104 valence electrons. The number of Topliss-reactive ketones (excluding diaryl/α,β-unsaturated/α-hetero) is 1. The Hall–Kier alpha value is -1.49. The molecule has 0 fully saturated rings. The van der Waals surface area contributed by atoms with Crippen molar-refractivity contribution in [1.29, 1.82) is 0 Å². The van der Waals surface area contributed by atoms with Crippen LogP contribution in [-0.4, -0.2) is 21.0 Å². The van der Waals surface area contributed by atoms with Crippen LogP contribution in [-0.2, 0) is 0 Å². The molecule has 2 atom stereocenters. The molecule has 0 radical (unpaired) electrons. The van der Waals surface area contributed by atoms with E-state index in [4.69, 9.17) is 0 Å². The Balaban J connectivity index is 2.21. The molecule has 0 aliphatic heterocycles. The Bertz CT molecular complexity index is 663. The Morgan fingerprint density at radius 2 is 2.10 bits per heavy atom. The third-order valence-electron chi connectivity index (χ3n) is 4.10. The first-order valence-electron chi connectivity index (χ1n) is 6.58. The fourth-order valence-corrected chi connectivity index (χ4v) is 3.58. The highest BCUT2D eigenvalue weighted by molar-refractivity contribution is 9.09. The van der Waals surface area contributed by atoms with Gasteiger partial charge in [-0.05, 0) is 24.5 Å². The maximum atomic E-state index is 12.9. The predicted molar refractivity (Wildman–Crippen MR) is 80.1 cm³/mol. The van der Waals surface area contributed by atoms with Crippen LogP contribution in [0.4, 0.5) is 0 Å². The van der Waals surface area contributed by atoms with E-state index < -0.39 is 0 Å². The zero-order valence-electron chi connectivity index (χ0n) is 11.6. The number of carbonyl (C=O) groups excluding carboxylic acids is 1. The van der Waals surface area contributed by atoms with Gasteiger partial charge in [0, 0.05) is 11.9 Å². The number of nitrogens with one attached hydrogen (secondary N) is 1. The molecule has 2 unspecified atom stereocenters. The number of pyridine rings is 1. The van der Waals surface area contributed by atoms with Crippen LogP contribution in [0.3, 0.4) is 0 Å². The van der Waals surface area contributed by atoms with E-state index in [0.29, 0.717) is 5.56 Å². The minimum absolute atomic E-state index is 0.0136. The summed E-state index contributed by atoms with van der Waals surface area (Å²) in [6.07, 6.45) is 1.74. The number of aryl methyl sites for hydroxylation is 1. The van der Waals surface area contributed by atoms with Crippen LogP contribution in [0.1, 0.15) is 52.0 Å². The van der Waals surface area contributed by atoms with Crippen LogP contribution in [0.5, 0.6) is 0 Å². The summed E-state index contributed by atoms with van der Waals surface area (Å²) >= 11 is 3.72. The summed E-state index contributed by atoms with van der Waals surface area (Å²) in [4.78, 5) is 17.4. The first-order valence-corrected chi connectivity index (χ1v) is 7.50. The van der Waals surface area contributed by atoms with Crippen LogP contribution >= 0.6 is 15.9 Å². The van der Waals surface area contributed by atoms with Gasteiger partial charge >= 0.3 is 0 Å². The van der Waals surface area contributed by atoms with Crippen LogP contribution in [0.25, 0.3) is 0 Å². The van der Waals surface area contributed by atoms with Gasteiger partial charge in [0.1, 0.15) is 0 Å². The second-order valence-corrected chi connectivity index (χ2v) is 6.76. The van der Waals surface area contributed by atoms with Crippen molar-refractivity contribution >= 4 is 21.7 Å². The summed E-state index contributed by atoms with van der Waals surface area (Å²) in [5, 5.41) is 7.23. The van der Waals surface area contributed by atoms with Gasteiger partial charge in [-0.25, -0.2) is 0 Å². The second kappa shape index (κ2) is 4.52. The van der Waals surface area contributed by atoms with E-state index >= 15 is 0 Å². The number of nitrogens with zero attached hydrogens (tertiary/aromatic N) is 2. The van der Waals surface area contributed by atoms with Gasteiger partial charge < -0.3 is 0 Å². The number of hydrogen-bond acceptors (Lipinski definition) is 3. The number of alkyl halides is 1. The highest BCUT2D eigenvalue weighted by atomic mass is 79.9. The molecule has 3 rings (SSSR count). The topological polar surface area (TPSA) is 58.6 Å². The number of aromatic amines is 1. The third-order valence-corrected chi connectivity index (χ3v) is 5.72. The molecule has 0 spiro atoms. The summed E-state index contributed by atoms with van der Waals surface area (Å²) < 4.78 is 0. The Morgan fingerprint density at radius 1 is 1.35 bits per heavy atom. The number of hydrogen-bond donors (Lipinski definition) is 1. The van der Waals surface area contributed by atoms with E-state index in [1.165, 1.54) is 0 Å². The van der Waals surface area contributed by atoms with Gasteiger partial charge in [-0.3, -0.25) is 14.9 Å². The van der Waals surface area contributed by atoms with Crippen molar-refractivity contribution in [2.45, 2.75) is 31.5 Å². The monoisotopic (exact) mass is 333 g/mol. The molecule has 2 aromatic rings. The summed E-state index contributed by atoms with van der Waals surface area (Å²) in [6.45, 7) is 6.05. The molecule has 0 amide bonds. The number of carbonyl (C=O) groups is 1. The molecular weight excluding hydrogens is 318 g/mol. The van der Waals surface area contributed by atoms with Gasteiger partial charge in [0.25, 0.3) is 0 Å². The molecule has 4 nitrogen and oxygen atoms in total. The standard InChI is InChI=1S/C15H16BrN3O/c1-8-10-12(19-18-8)14(16)15(2,3)11(13(10)20)9-6-4-5-7-17-9/h4-7,11,14H,1-3H3,(H,18,19). The lowest BCUT2D eigenvalue weighted by Gasteiger charge is -2.40. The molecule has 0 aromatic carbocycles. The van der Waals surface area contributed by atoms with Gasteiger partial charge in [-0.2, -0.15) is 5.10 Å². The smallest absolute Gasteiger partial charge is 0.176 e. The fourth-order valence-electron chi connectivity index (χ4n) is 2.99. The average molecular weight is 334 g/mol. The molecule has 0 saturated heterocycles. The van der Waals surface area contributed by atoms with Crippen molar-refractivity contribution in [3.8, 4) is 0 Å². The van der Waals surface area contributed by atoms with Crippen molar-refractivity contribution in [2.24, 2.45) is 5.41 Å². The third kappa shape index (κ3) is 1.76. The highest BCUT2D eigenvalue weighted by Crippen LogP contribution is 2.54. The number of H-pyrrole nitrogens is 1. The lowest BCUT2D eigenvalue weighted by Crippen LogP contribution is -2.38. The van der Waals surface area contributed by atoms with Gasteiger partial charge in [0.05, 0.1) is 27.7 Å². The molecule has 0 saturated carbocycles. The van der Waals surface area contributed by atoms with E-state index in [2.05, 4.69) is 45.0 Å². The molecule has 1 N–H and O–H groups in total. The van der Waals surface area contributed by atoms with Crippen molar-refractivity contribution in [3.63, 3.8) is 0 Å². The fraction of sp³-hybridized carbons (Fsp3) is 0.400. The molecule has 5 heteroatoms. The number of aromatic nitrogens is 3. The predicted octanol–water partition coefficient (Wildman–Crippen LogP) is 3.56. The Labute approximate surface area is 126 Å². The lowest BCUT2D eigenvalue weighted by molar-refractivity contribution is 0.0854. The van der Waals surface area contributed by atoms with Crippen LogP contribution in [0.15, 0.2) is 24.4 Å².